The molecular formula is C17H21BrN2O2. The Bertz CT molecular complexity index is 570. The van der Waals surface area contributed by atoms with Crippen molar-refractivity contribution >= 4 is 27.7 Å². The van der Waals surface area contributed by atoms with Crippen LogP contribution >= 0.6 is 15.9 Å². The van der Waals surface area contributed by atoms with E-state index in [1.807, 2.05) is 17.0 Å². The van der Waals surface area contributed by atoms with Crippen LogP contribution in [0.2, 0.25) is 0 Å². The van der Waals surface area contributed by atoms with Gasteiger partial charge in [-0.05, 0) is 49.3 Å². The van der Waals surface area contributed by atoms with Gasteiger partial charge in [-0.15, -0.1) is 0 Å². The molecule has 1 aliphatic heterocycles. The van der Waals surface area contributed by atoms with Crippen LogP contribution in [0.25, 0.3) is 0 Å². The molecule has 3 rings (SSSR count). The Kier molecular flexibility index (Phi) is 4.81. The van der Waals surface area contributed by atoms with Crippen molar-refractivity contribution in [1.29, 1.82) is 0 Å². The monoisotopic (exact) mass is 364 g/mol. The van der Waals surface area contributed by atoms with Crippen LogP contribution in [0.5, 0.6) is 0 Å². The van der Waals surface area contributed by atoms with E-state index in [0.717, 1.165) is 36.8 Å². The Hall–Kier alpha value is -1.36. The Morgan fingerprint density at radius 3 is 2.73 bits per heavy atom. The lowest BCUT2D eigenvalue weighted by atomic mass is 10.1. The Labute approximate surface area is 139 Å². The summed E-state index contributed by atoms with van der Waals surface area (Å²) in [5.41, 5.74) is 1.19. The van der Waals surface area contributed by atoms with Crippen LogP contribution in [-0.4, -0.2) is 36.3 Å². The van der Waals surface area contributed by atoms with Crippen molar-refractivity contribution in [2.24, 2.45) is 5.92 Å². The summed E-state index contributed by atoms with van der Waals surface area (Å²) >= 11 is 3.46. The van der Waals surface area contributed by atoms with Crippen LogP contribution in [0.15, 0.2) is 28.7 Å². The van der Waals surface area contributed by atoms with Crippen molar-refractivity contribution in [2.75, 3.05) is 19.6 Å². The third-order valence-electron chi connectivity index (χ3n) is 4.53. The highest BCUT2D eigenvalue weighted by molar-refractivity contribution is 9.10. The van der Waals surface area contributed by atoms with Gasteiger partial charge < -0.3 is 10.2 Å². The molecule has 0 spiro atoms. The lowest BCUT2D eigenvalue weighted by Gasteiger charge is -2.26. The van der Waals surface area contributed by atoms with Gasteiger partial charge in [0.1, 0.15) is 0 Å². The number of carbonyl (C=O) groups excluding carboxylic acids is 2. The number of halogens is 1. The normalized spacial score (nSPS) is 24.0. The summed E-state index contributed by atoms with van der Waals surface area (Å²) < 4.78 is 1.04. The molecule has 1 aromatic rings. The van der Waals surface area contributed by atoms with Crippen LogP contribution < -0.4 is 5.32 Å². The molecule has 5 heteroatoms. The third kappa shape index (κ3) is 3.69. The highest BCUT2D eigenvalue weighted by Gasteiger charge is 2.44. The summed E-state index contributed by atoms with van der Waals surface area (Å²) in [4.78, 5) is 26.1. The van der Waals surface area contributed by atoms with E-state index in [1.165, 1.54) is 12.0 Å². The minimum atomic E-state index is 0.00957. The summed E-state index contributed by atoms with van der Waals surface area (Å²) in [7, 11) is 0. The second kappa shape index (κ2) is 6.82. The Morgan fingerprint density at radius 2 is 2.00 bits per heavy atom. The van der Waals surface area contributed by atoms with Gasteiger partial charge in [0, 0.05) is 23.5 Å². The fourth-order valence-corrected chi connectivity index (χ4v) is 3.56. The average molecular weight is 365 g/mol. The van der Waals surface area contributed by atoms with Crippen LogP contribution in [0.4, 0.5) is 0 Å². The number of likely N-dealkylation sites (tertiary alicyclic amines) is 1. The highest BCUT2D eigenvalue weighted by Crippen LogP contribution is 2.47. The molecule has 1 N–H and O–H groups in total. The molecule has 2 atom stereocenters. The first kappa shape index (κ1) is 15.5. The molecule has 2 amide bonds. The lowest BCUT2D eigenvalue weighted by molar-refractivity contribution is -0.133. The molecule has 118 valence electrons. The predicted octanol–water partition coefficient (Wildman–Crippen LogP) is 2.68. The number of carbonyl (C=O) groups is 2. The minimum absolute atomic E-state index is 0.00957. The molecule has 0 aromatic heterocycles. The standard InChI is InChI=1S/C17H21BrN2O2/c18-13-6-4-5-12(9-13)14-10-15(14)17(22)19-11-16(21)20-7-2-1-3-8-20/h4-6,9,14-15H,1-3,7-8,10-11H2,(H,19,22)/t14-,15-/m1/s1. The zero-order valence-corrected chi connectivity index (χ0v) is 14.1. The lowest BCUT2D eigenvalue weighted by Crippen LogP contribution is -2.43. The minimum Gasteiger partial charge on any atom is -0.347 e. The van der Waals surface area contributed by atoms with Gasteiger partial charge in [-0.1, -0.05) is 28.1 Å². The number of benzene rings is 1. The fraction of sp³-hybridized carbons (Fsp3) is 0.529. The van der Waals surface area contributed by atoms with Gasteiger partial charge in [0.15, 0.2) is 0 Å². The van der Waals surface area contributed by atoms with Gasteiger partial charge in [-0.25, -0.2) is 0 Å². The Morgan fingerprint density at radius 1 is 1.23 bits per heavy atom. The van der Waals surface area contributed by atoms with Crippen LogP contribution in [0.3, 0.4) is 0 Å². The first-order valence-corrected chi connectivity index (χ1v) is 8.75. The topological polar surface area (TPSA) is 49.4 Å². The van der Waals surface area contributed by atoms with Gasteiger partial charge in [0.05, 0.1) is 6.54 Å². The van der Waals surface area contributed by atoms with Gasteiger partial charge in [-0.2, -0.15) is 0 Å². The van der Waals surface area contributed by atoms with Crippen molar-refractivity contribution in [1.82, 2.24) is 10.2 Å². The van der Waals surface area contributed by atoms with Gasteiger partial charge in [0.2, 0.25) is 11.8 Å². The maximum Gasteiger partial charge on any atom is 0.241 e. The number of hydrogen-bond acceptors (Lipinski definition) is 2. The summed E-state index contributed by atoms with van der Waals surface area (Å²) in [5, 5.41) is 2.81. The van der Waals surface area contributed by atoms with E-state index in [0.29, 0.717) is 5.92 Å². The Balaban J connectivity index is 1.46. The van der Waals surface area contributed by atoms with Crippen molar-refractivity contribution < 1.29 is 9.59 Å². The van der Waals surface area contributed by atoms with E-state index in [1.54, 1.807) is 0 Å². The SMILES string of the molecule is O=C(NCC(=O)N1CCCCC1)[C@@H]1C[C@@H]1c1cccc(Br)c1. The number of hydrogen-bond donors (Lipinski definition) is 1. The van der Waals surface area contributed by atoms with Gasteiger partial charge in [0.25, 0.3) is 0 Å². The second-order valence-corrected chi connectivity index (χ2v) is 7.08. The molecule has 1 heterocycles. The molecule has 22 heavy (non-hydrogen) atoms. The molecule has 1 saturated heterocycles. The molecule has 1 saturated carbocycles. The highest BCUT2D eigenvalue weighted by atomic mass is 79.9. The van der Waals surface area contributed by atoms with Crippen molar-refractivity contribution in [2.45, 2.75) is 31.6 Å². The molecule has 4 nitrogen and oxygen atoms in total. The van der Waals surface area contributed by atoms with Crippen LogP contribution in [0, 0.1) is 5.92 Å². The predicted molar refractivity (Wildman–Crippen MR) is 88.4 cm³/mol. The summed E-state index contributed by atoms with van der Waals surface area (Å²) in [5.74, 6) is 0.370. The molecular weight excluding hydrogens is 344 g/mol. The first-order chi connectivity index (χ1) is 10.6. The second-order valence-electron chi connectivity index (χ2n) is 6.16. The molecule has 2 fully saturated rings. The van der Waals surface area contributed by atoms with E-state index in [9.17, 15) is 9.59 Å². The van der Waals surface area contributed by atoms with E-state index >= 15 is 0 Å². The summed E-state index contributed by atoms with van der Waals surface area (Å²) in [6.45, 7) is 1.80. The zero-order chi connectivity index (χ0) is 15.5. The molecule has 0 unspecified atom stereocenters. The van der Waals surface area contributed by atoms with Crippen LogP contribution in [-0.2, 0) is 9.59 Å². The molecule has 1 aliphatic carbocycles. The molecule has 0 bridgehead atoms. The van der Waals surface area contributed by atoms with Crippen molar-refractivity contribution in [3.8, 4) is 0 Å². The molecule has 1 aromatic carbocycles. The van der Waals surface area contributed by atoms with E-state index in [-0.39, 0.29) is 24.3 Å². The molecule has 0 radical (unpaired) electrons. The van der Waals surface area contributed by atoms with E-state index in [4.69, 9.17) is 0 Å². The molecule has 2 aliphatic rings. The number of nitrogens with zero attached hydrogens (tertiary/aromatic N) is 1. The number of rotatable bonds is 4. The number of piperidine rings is 1. The quantitative estimate of drug-likeness (QED) is 0.892. The van der Waals surface area contributed by atoms with E-state index in [2.05, 4.69) is 33.4 Å². The van der Waals surface area contributed by atoms with Crippen molar-refractivity contribution in [3.63, 3.8) is 0 Å². The third-order valence-corrected chi connectivity index (χ3v) is 5.02. The summed E-state index contributed by atoms with van der Waals surface area (Å²) in [6, 6.07) is 8.10. The maximum absolute atomic E-state index is 12.2. The zero-order valence-electron chi connectivity index (χ0n) is 12.6. The van der Waals surface area contributed by atoms with Gasteiger partial charge >= 0.3 is 0 Å². The maximum atomic E-state index is 12.2. The number of nitrogens with one attached hydrogen (secondary N) is 1. The summed E-state index contributed by atoms with van der Waals surface area (Å²) in [6.07, 6.45) is 4.23. The average Bonchev–Trinajstić information content (AvgIpc) is 3.34. The van der Waals surface area contributed by atoms with Crippen molar-refractivity contribution in [3.05, 3.63) is 34.3 Å². The fourth-order valence-electron chi connectivity index (χ4n) is 3.14. The van der Waals surface area contributed by atoms with E-state index < -0.39 is 0 Å². The van der Waals surface area contributed by atoms with Crippen LogP contribution in [0.1, 0.15) is 37.2 Å². The first-order valence-electron chi connectivity index (χ1n) is 7.96. The largest absolute Gasteiger partial charge is 0.347 e. The number of amides is 2. The smallest absolute Gasteiger partial charge is 0.241 e. The van der Waals surface area contributed by atoms with Gasteiger partial charge in [-0.3, -0.25) is 9.59 Å².